The highest BCUT2D eigenvalue weighted by Gasteiger charge is 2.52. The zero-order chi connectivity index (χ0) is 16.4. The fraction of sp³-hybridized carbons (Fsp3) is 0.353. The van der Waals surface area contributed by atoms with E-state index in [1.807, 2.05) is 37.8 Å². The third-order valence-electron chi connectivity index (χ3n) is 4.66. The Morgan fingerprint density at radius 1 is 1.26 bits per heavy atom. The van der Waals surface area contributed by atoms with Crippen LogP contribution in [0.5, 0.6) is 0 Å². The van der Waals surface area contributed by atoms with Crippen molar-refractivity contribution in [3.8, 4) is 0 Å². The minimum Gasteiger partial charge on any atom is -0.374 e. The largest absolute Gasteiger partial charge is 0.374 e. The standard InChI is InChI=1S/C17H17N3O2S/c1-9-6-12-13(7-10(9)2)19-16-17(22,15(12)21)4-5-20(16)14-8-18-11(3)23-14/h6-8,22H,4-5H2,1-3H3. The van der Waals surface area contributed by atoms with Gasteiger partial charge in [-0.3, -0.25) is 4.79 Å². The highest BCUT2D eigenvalue weighted by molar-refractivity contribution is 7.15. The van der Waals surface area contributed by atoms with Crippen molar-refractivity contribution in [3.63, 3.8) is 0 Å². The van der Waals surface area contributed by atoms with Gasteiger partial charge in [0.1, 0.15) is 5.00 Å². The molecule has 2 aliphatic rings. The number of nitrogens with zero attached hydrogens (tertiary/aromatic N) is 3. The highest BCUT2D eigenvalue weighted by atomic mass is 32.1. The van der Waals surface area contributed by atoms with E-state index in [0.717, 1.165) is 21.1 Å². The van der Waals surface area contributed by atoms with Crippen LogP contribution < -0.4 is 4.90 Å². The van der Waals surface area contributed by atoms with E-state index in [2.05, 4.69) is 9.98 Å². The van der Waals surface area contributed by atoms with Gasteiger partial charge in [-0.2, -0.15) is 0 Å². The number of Topliss-reactive ketones (excluding diaryl/α,β-unsaturated/α-hetero) is 1. The van der Waals surface area contributed by atoms with Gasteiger partial charge >= 0.3 is 0 Å². The second-order valence-corrected chi connectivity index (χ2v) is 7.41. The molecule has 5 nitrogen and oxygen atoms in total. The van der Waals surface area contributed by atoms with Crippen LogP contribution in [-0.4, -0.2) is 33.9 Å². The molecule has 118 valence electrons. The molecule has 3 heterocycles. The minimum absolute atomic E-state index is 0.246. The number of carbonyl (C=O) groups excluding carboxylic acids is 1. The van der Waals surface area contributed by atoms with Crippen LogP contribution in [0.15, 0.2) is 23.3 Å². The number of ketones is 1. The van der Waals surface area contributed by atoms with Crippen LogP contribution in [0.3, 0.4) is 0 Å². The molecule has 0 bridgehead atoms. The van der Waals surface area contributed by atoms with Gasteiger partial charge in [-0.1, -0.05) is 0 Å². The van der Waals surface area contributed by atoms with Crippen molar-refractivity contribution in [2.45, 2.75) is 32.8 Å². The summed E-state index contributed by atoms with van der Waals surface area (Å²) in [6.07, 6.45) is 2.13. The van der Waals surface area contributed by atoms with Gasteiger partial charge in [0.15, 0.2) is 11.4 Å². The number of rotatable bonds is 1. The number of aliphatic imine (C=N–C) groups is 1. The van der Waals surface area contributed by atoms with Gasteiger partial charge in [-0.25, -0.2) is 9.98 Å². The van der Waals surface area contributed by atoms with Crippen LogP contribution in [0.2, 0.25) is 0 Å². The number of benzene rings is 1. The Hall–Kier alpha value is -2.05. The first-order valence-electron chi connectivity index (χ1n) is 7.58. The Kier molecular flexibility index (Phi) is 2.98. The SMILES string of the molecule is Cc1ncc(N2CCC3(O)C(=O)c4cc(C)c(C)cc4N=C23)s1. The summed E-state index contributed by atoms with van der Waals surface area (Å²) < 4.78 is 0. The van der Waals surface area contributed by atoms with E-state index in [9.17, 15) is 9.90 Å². The molecule has 1 saturated heterocycles. The lowest BCUT2D eigenvalue weighted by Gasteiger charge is -2.29. The van der Waals surface area contributed by atoms with Gasteiger partial charge in [0.2, 0.25) is 5.78 Å². The maximum Gasteiger partial charge on any atom is 0.204 e. The first-order chi connectivity index (χ1) is 10.9. The quantitative estimate of drug-likeness (QED) is 0.874. The summed E-state index contributed by atoms with van der Waals surface area (Å²) in [6.45, 7) is 6.47. The van der Waals surface area contributed by atoms with Crippen LogP contribution in [-0.2, 0) is 0 Å². The Morgan fingerprint density at radius 2 is 2.00 bits per heavy atom. The Morgan fingerprint density at radius 3 is 2.70 bits per heavy atom. The minimum atomic E-state index is -1.52. The summed E-state index contributed by atoms with van der Waals surface area (Å²) in [5, 5.41) is 12.9. The van der Waals surface area contributed by atoms with Crippen LogP contribution in [0.1, 0.15) is 32.9 Å². The number of aromatic nitrogens is 1. The Bertz CT molecular complexity index is 871. The third-order valence-corrected chi connectivity index (χ3v) is 5.59. The number of anilines is 1. The number of aliphatic hydroxyl groups is 1. The third kappa shape index (κ3) is 1.98. The maximum atomic E-state index is 12.9. The van der Waals surface area contributed by atoms with Crippen LogP contribution in [0, 0.1) is 20.8 Å². The molecule has 6 heteroatoms. The predicted octanol–water partition coefficient (Wildman–Crippen LogP) is 2.94. The molecule has 1 N–H and O–H groups in total. The van der Waals surface area contributed by atoms with E-state index in [0.29, 0.717) is 30.1 Å². The number of aryl methyl sites for hydroxylation is 3. The van der Waals surface area contributed by atoms with E-state index in [1.165, 1.54) is 11.3 Å². The molecule has 0 amide bonds. The molecule has 1 aromatic carbocycles. The Balaban J connectivity index is 1.89. The molecule has 1 unspecified atom stereocenters. The molecule has 0 saturated carbocycles. The van der Waals surface area contributed by atoms with Crippen molar-refractivity contribution in [1.82, 2.24) is 4.98 Å². The molecule has 1 aromatic heterocycles. The van der Waals surface area contributed by atoms with E-state index in [1.54, 1.807) is 6.20 Å². The van der Waals surface area contributed by atoms with Gasteiger partial charge in [0.25, 0.3) is 0 Å². The summed E-state index contributed by atoms with van der Waals surface area (Å²) in [4.78, 5) is 23.7. The molecule has 2 aromatic rings. The van der Waals surface area contributed by atoms with Gasteiger partial charge in [0.05, 0.1) is 16.9 Å². The topological polar surface area (TPSA) is 65.8 Å². The van der Waals surface area contributed by atoms with Crippen molar-refractivity contribution in [2.75, 3.05) is 11.4 Å². The van der Waals surface area contributed by atoms with E-state index in [4.69, 9.17) is 0 Å². The molecule has 1 atom stereocenters. The summed E-state index contributed by atoms with van der Waals surface area (Å²) in [5.41, 5.74) is 1.76. The average molecular weight is 327 g/mol. The number of fused-ring (bicyclic) bond motifs is 2. The molecule has 0 radical (unpaired) electrons. The first kappa shape index (κ1) is 14.5. The van der Waals surface area contributed by atoms with Crippen molar-refractivity contribution >= 4 is 33.6 Å². The predicted molar refractivity (Wildman–Crippen MR) is 91.1 cm³/mol. The molecule has 2 aliphatic heterocycles. The van der Waals surface area contributed by atoms with Crippen molar-refractivity contribution in [1.29, 1.82) is 0 Å². The van der Waals surface area contributed by atoms with E-state index < -0.39 is 5.60 Å². The number of amidine groups is 1. The number of hydrogen-bond acceptors (Lipinski definition) is 6. The van der Waals surface area contributed by atoms with E-state index in [-0.39, 0.29) is 5.78 Å². The van der Waals surface area contributed by atoms with Crippen molar-refractivity contribution in [2.24, 2.45) is 4.99 Å². The molecular formula is C17H17N3O2S. The molecule has 1 fully saturated rings. The number of carbonyl (C=O) groups is 1. The Labute approximate surface area is 138 Å². The summed E-state index contributed by atoms with van der Waals surface area (Å²) in [7, 11) is 0. The summed E-state index contributed by atoms with van der Waals surface area (Å²) in [5.74, 6) is 0.186. The fourth-order valence-corrected chi connectivity index (χ4v) is 3.99. The molecule has 4 rings (SSSR count). The smallest absolute Gasteiger partial charge is 0.204 e. The van der Waals surface area contributed by atoms with E-state index >= 15 is 0 Å². The van der Waals surface area contributed by atoms with Gasteiger partial charge in [-0.15, -0.1) is 11.3 Å². The second kappa shape index (κ2) is 4.72. The zero-order valence-corrected chi connectivity index (χ0v) is 14.1. The van der Waals surface area contributed by atoms with Crippen molar-refractivity contribution < 1.29 is 9.90 Å². The molecule has 0 spiro atoms. The molecule has 23 heavy (non-hydrogen) atoms. The fourth-order valence-electron chi connectivity index (χ4n) is 3.18. The first-order valence-corrected chi connectivity index (χ1v) is 8.39. The van der Waals surface area contributed by atoms with Crippen LogP contribution >= 0.6 is 11.3 Å². The highest BCUT2D eigenvalue weighted by Crippen LogP contribution is 2.41. The average Bonchev–Trinajstić information content (AvgIpc) is 3.07. The summed E-state index contributed by atoms with van der Waals surface area (Å²) in [6, 6.07) is 3.76. The molecular weight excluding hydrogens is 310 g/mol. The van der Waals surface area contributed by atoms with Crippen molar-refractivity contribution in [3.05, 3.63) is 40.0 Å². The second-order valence-electron chi connectivity index (χ2n) is 6.20. The van der Waals surface area contributed by atoms with Gasteiger partial charge in [0, 0.05) is 18.5 Å². The normalized spacial score (nSPS) is 22.9. The zero-order valence-electron chi connectivity index (χ0n) is 13.3. The monoisotopic (exact) mass is 327 g/mol. The number of hydrogen-bond donors (Lipinski definition) is 1. The maximum absolute atomic E-state index is 12.9. The molecule has 0 aliphatic carbocycles. The van der Waals surface area contributed by atoms with Gasteiger partial charge in [-0.05, 0) is 44.0 Å². The lowest BCUT2D eigenvalue weighted by Crippen LogP contribution is -2.48. The lowest BCUT2D eigenvalue weighted by atomic mass is 9.86. The summed E-state index contributed by atoms with van der Waals surface area (Å²) >= 11 is 1.54. The lowest BCUT2D eigenvalue weighted by molar-refractivity contribution is 0.0602. The van der Waals surface area contributed by atoms with Crippen LogP contribution in [0.4, 0.5) is 10.7 Å². The van der Waals surface area contributed by atoms with Gasteiger partial charge < -0.3 is 10.0 Å². The number of thiazole rings is 1. The van der Waals surface area contributed by atoms with Crippen LogP contribution in [0.25, 0.3) is 0 Å².